The molecule has 1 unspecified atom stereocenters. The van der Waals surface area contributed by atoms with Gasteiger partial charge in [0, 0.05) is 32.7 Å². The molecule has 130 valence electrons. The van der Waals surface area contributed by atoms with Gasteiger partial charge in [-0.25, -0.2) is 9.18 Å². The van der Waals surface area contributed by atoms with Crippen molar-refractivity contribution < 1.29 is 18.7 Å². The molecule has 6 nitrogen and oxygen atoms in total. The number of benzene rings is 1. The molecular weight excluding hydrogens is 313 g/mol. The molecule has 0 saturated carbocycles. The quantitative estimate of drug-likeness (QED) is 0.874. The number of carbonyl (C=O) groups excluding carboxylic acids is 2. The number of halogens is 1. The third-order valence-corrected chi connectivity index (χ3v) is 4.67. The van der Waals surface area contributed by atoms with Crippen LogP contribution in [0.5, 0.6) is 0 Å². The van der Waals surface area contributed by atoms with Gasteiger partial charge in [0.15, 0.2) is 0 Å². The average Bonchev–Trinajstić information content (AvgIpc) is 3.16. The molecule has 2 heterocycles. The summed E-state index contributed by atoms with van der Waals surface area (Å²) in [5.41, 5.74) is 0.911. The molecule has 24 heavy (non-hydrogen) atoms. The van der Waals surface area contributed by atoms with Gasteiger partial charge in [0.1, 0.15) is 11.9 Å². The first-order chi connectivity index (χ1) is 11.5. The summed E-state index contributed by atoms with van der Waals surface area (Å²) in [6.45, 7) is 1.72. The van der Waals surface area contributed by atoms with Crippen molar-refractivity contribution in [3.63, 3.8) is 0 Å². The zero-order valence-electron chi connectivity index (χ0n) is 13.6. The minimum atomic E-state index is -0.442. The van der Waals surface area contributed by atoms with Gasteiger partial charge in [-0.1, -0.05) is 12.1 Å². The Hall–Kier alpha value is -2.15. The number of likely N-dealkylation sites (N-methyl/N-ethyl adjacent to an activating group) is 1. The van der Waals surface area contributed by atoms with Crippen molar-refractivity contribution in [2.75, 3.05) is 26.7 Å². The van der Waals surface area contributed by atoms with E-state index in [-0.39, 0.29) is 29.8 Å². The van der Waals surface area contributed by atoms with Crippen molar-refractivity contribution in [3.05, 3.63) is 35.6 Å². The molecule has 0 bridgehead atoms. The highest BCUT2D eigenvalue weighted by atomic mass is 19.1. The van der Waals surface area contributed by atoms with Gasteiger partial charge in [0.05, 0.1) is 6.10 Å². The Morgan fingerprint density at radius 2 is 2.08 bits per heavy atom. The number of rotatable bonds is 4. The maximum Gasteiger partial charge on any atom is 0.315 e. The number of amides is 3. The maximum atomic E-state index is 13.0. The molecule has 2 saturated heterocycles. The van der Waals surface area contributed by atoms with Gasteiger partial charge < -0.3 is 20.3 Å². The van der Waals surface area contributed by atoms with Crippen LogP contribution in [0.25, 0.3) is 0 Å². The molecular formula is C17H22FN3O3. The number of nitrogens with one attached hydrogen (secondary N) is 2. The number of hydrogen-bond acceptors (Lipinski definition) is 3. The molecule has 2 aliphatic rings. The monoisotopic (exact) mass is 335 g/mol. The SMILES string of the molecule is CN1CCC(NC(=O)NC[C@@H]2CCO[C@H]2c2ccc(F)cc2)C1=O. The lowest BCUT2D eigenvalue weighted by Crippen LogP contribution is -2.46. The van der Waals surface area contributed by atoms with Crippen LogP contribution in [0.15, 0.2) is 24.3 Å². The summed E-state index contributed by atoms with van der Waals surface area (Å²) in [6.07, 6.45) is 1.31. The van der Waals surface area contributed by atoms with Gasteiger partial charge in [0.2, 0.25) is 5.91 Å². The predicted octanol–water partition coefficient (Wildman–Crippen LogP) is 1.43. The van der Waals surface area contributed by atoms with E-state index in [0.29, 0.717) is 26.1 Å². The molecule has 3 atom stereocenters. The number of likely N-dealkylation sites (tertiary alicyclic amines) is 1. The lowest BCUT2D eigenvalue weighted by Gasteiger charge is -2.20. The van der Waals surface area contributed by atoms with Crippen LogP contribution >= 0.6 is 0 Å². The molecule has 3 rings (SSSR count). The van der Waals surface area contributed by atoms with Crippen LogP contribution in [0.1, 0.15) is 24.5 Å². The van der Waals surface area contributed by atoms with Crippen LogP contribution < -0.4 is 10.6 Å². The fourth-order valence-electron chi connectivity index (χ4n) is 3.25. The minimum absolute atomic E-state index is 0.0569. The molecule has 1 aromatic rings. The van der Waals surface area contributed by atoms with E-state index in [9.17, 15) is 14.0 Å². The first-order valence-corrected chi connectivity index (χ1v) is 8.21. The van der Waals surface area contributed by atoms with Crippen molar-refractivity contribution in [1.82, 2.24) is 15.5 Å². The Kier molecular flexibility index (Phi) is 4.99. The second kappa shape index (κ2) is 7.17. The predicted molar refractivity (Wildman–Crippen MR) is 85.8 cm³/mol. The van der Waals surface area contributed by atoms with E-state index < -0.39 is 6.04 Å². The Morgan fingerprint density at radius 1 is 1.33 bits per heavy atom. The molecule has 2 aliphatic heterocycles. The largest absolute Gasteiger partial charge is 0.373 e. The fourth-order valence-corrected chi connectivity index (χ4v) is 3.25. The fraction of sp³-hybridized carbons (Fsp3) is 0.529. The van der Waals surface area contributed by atoms with Gasteiger partial charge in [-0.15, -0.1) is 0 Å². The summed E-state index contributed by atoms with van der Waals surface area (Å²) < 4.78 is 18.8. The number of ether oxygens (including phenoxy) is 1. The van der Waals surface area contributed by atoms with Gasteiger partial charge in [-0.2, -0.15) is 0 Å². The number of carbonyl (C=O) groups is 2. The summed E-state index contributed by atoms with van der Waals surface area (Å²) >= 11 is 0. The van der Waals surface area contributed by atoms with E-state index in [1.807, 2.05) is 0 Å². The molecule has 0 aromatic heterocycles. The molecule has 0 spiro atoms. The molecule has 7 heteroatoms. The smallest absolute Gasteiger partial charge is 0.315 e. The van der Waals surface area contributed by atoms with Crippen molar-refractivity contribution in [1.29, 1.82) is 0 Å². The summed E-state index contributed by atoms with van der Waals surface area (Å²) in [4.78, 5) is 25.4. The molecule has 0 radical (unpaired) electrons. The standard InChI is InChI=1S/C17H22FN3O3/c1-21-8-6-14(16(21)22)20-17(23)19-10-12-7-9-24-15(12)11-2-4-13(18)5-3-11/h2-5,12,14-15H,6-10H2,1H3,(H2,19,20,23)/t12-,14?,15-/m0/s1. The van der Waals surface area contributed by atoms with Crippen LogP contribution in [0.4, 0.5) is 9.18 Å². The van der Waals surface area contributed by atoms with Crippen LogP contribution in [0.2, 0.25) is 0 Å². The second-order valence-electron chi connectivity index (χ2n) is 6.35. The first kappa shape index (κ1) is 16.7. The summed E-state index contributed by atoms with van der Waals surface area (Å²) in [6, 6.07) is 5.47. The zero-order valence-corrected chi connectivity index (χ0v) is 13.6. The number of hydrogen-bond donors (Lipinski definition) is 2. The zero-order chi connectivity index (χ0) is 17.1. The Bertz CT molecular complexity index is 608. The Morgan fingerprint density at radius 3 is 2.75 bits per heavy atom. The third kappa shape index (κ3) is 3.67. The summed E-state index contributed by atoms with van der Waals surface area (Å²) in [7, 11) is 1.73. The Balaban J connectivity index is 1.51. The van der Waals surface area contributed by atoms with Gasteiger partial charge in [-0.3, -0.25) is 4.79 Å². The topological polar surface area (TPSA) is 70.7 Å². The van der Waals surface area contributed by atoms with Crippen molar-refractivity contribution in [3.8, 4) is 0 Å². The third-order valence-electron chi connectivity index (χ3n) is 4.67. The van der Waals surface area contributed by atoms with E-state index in [4.69, 9.17) is 4.74 Å². The molecule has 2 N–H and O–H groups in total. The molecule has 2 fully saturated rings. The highest BCUT2D eigenvalue weighted by Crippen LogP contribution is 2.34. The van der Waals surface area contributed by atoms with E-state index in [2.05, 4.69) is 10.6 Å². The van der Waals surface area contributed by atoms with Gasteiger partial charge >= 0.3 is 6.03 Å². The number of nitrogens with zero attached hydrogens (tertiary/aromatic N) is 1. The molecule has 0 aliphatic carbocycles. The Labute approximate surface area is 140 Å². The van der Waals surface area contributed by atoms with Gasteiger partial charge in [0.25, 0.3) is 0 Å². The van der Waals surface area contributed by atoms with Crippen molar-refractivity contribution >= 4 is 11.9 Å². The van der Waals surface area contributed by atoms with Crippen molar-refractivity contribution in [2.45, 2.75) is 25.0 Å². The maximum absolute atomic E-state index is 13.0. The minimum Gasteiger partial charge on any atom is -0.373 e. The van der Waals surface area contributed by atoms with E-state index in [1.165, 1.54) is 12.1 Å². The summed E-state index contributed by atoms with van der Waals surface area (Å²) in [5.74, 6) is -0.210. The summed E-state index contributed by atoms with van der Waals surface area (Å²) in [5, 5.41) is 5.54. The second-order valence-corrected chi connectivity index (χ2v) is 6.35. The highest BCUT2D eigenvalue weighted by molar-refractivity contribution is 5.88. The molecule has 3 amide bonds. The van der Waals surface area contributed by atoms with Crippen LogP contribution in [0.3, 0.4) is 0 Å². The van der Waals surface area contributed by atoms with Crippen LogP contribution in [-0.2, 0) is 9.53 Å². The van der Waals surface area contributed by atoms with Crippen LogP contribution in [-0.4, -0.2) is 49.6 Å². The normalized spacial score (nSPS) is 26.7. The van der Waals surface area contributed by atoms with Crippen molar-refractivity contribution in [2.24, 2.45) is 5.92 Å². The lowest BCUT2D eigenvalue weighted by molar-refractivity contribution is -0.128. The first-order valence-electron chi connectivity index (χ1n) is 8.21. The van der Waals surface area contributed by atoms with Gasteiger partial charge in [-0.05, 0) is 30.5 Å². The van der Waals surface area contributed by atoms with E-state index in [0.717, 1.165) is 12.0 Å². The van der Waals surface area contributed by atoms with E-state index in [1.54, 1.807) is 24.1 Å². The van der Waals surface area contributed by atoms with Crippen LogP contribution in [0, 0.1) is 11.7 Å². The highest BCUT2D eigenvalue weighted by Gasteiger charge is 2.32. The number of urea groups is 1. The average molecular weight is 335 g/mol. The lowest BCUT2D eigenvalue weighted by atomic mass is 9.95. The molecule has 1 aromatic carbocycles. The van der Waals surface area contributed by atoms with E-state index >= 15 is 0 Å².